The first kappa shape index (κ1) is 9.64. The van der Waals surface area contributed by atoms with Crippen molar-refractivity contribution in [1.29, 1.82) is 0 Å². The number of fused-ring (bicyclic) bond motifs is 1. The van der Waals surface area contributed by atoms with Crippen molar-refractivity contribution in [1.82, 2.24) is 0 Å². The van der Waals surface area contributed by atoms with Crippen LogP contribution in [0.3, 0.4) is 0 Å². The van der Waals surface area contributed by atoms with Crippen LogP contribution in [0.25, 0.3) is 0 Å². The Morgan fingerprint density at radius 3 is 2.85 bits per heavy atom. The van der Waals surface area contributed by atoms with Crippen LogP contribution in [0.15, 0.2) is 11.6 Å². The summed E-state index contributed by atoms with van der Waals surface area (Å²) in [7, 11) is 0. The predicted molar refractivity (Wildman–Crippen MR) is 61.2 cm³/mol. The van der Waals surface area contributed by atoms with Crippen molar-refractivity contribution in [3.63, 3.8) is 0 Å². The van der Waals surface area contributed by atoms with E-state index < -0.39 is 0 Å². The first-order chi connectivity index (χ1) is 6.16. The number of rotatable bonds is 3. The second-order valence-electron chi connectivity index (χ2n) is 5.15. The van der Waals surface area contributed by atoms with Crippen molar-refractivity contribution >= 4 is 12.6 Å². The minimum atomic E-state index is 0.612. The molecular formula is C12H20S. The number of thiol groups is 1. The zero-order chi connectivity index (χ0) is 9.47. The molecule has 0 nitrogen and oxygen atoms in total. The lowest BCUT2D eigenvalue weighted by atomic mass is 9.48. The molecule has 3 rings (SSSR count). The van der Waals surface area contributed by atoms with Crippen molar-refractivity contribution in [2.24, 2.45) is 17.3 Å². The van der Waals surface area contributed by atoms with E-state index >= 15 is 0 Å². The molecule has 0 aliphatic heterocycles. The third-order valence-electron chi connectivity index (χ3n) is 4.21. The van der Waals surface area contributed by atoms with Gasteiger partial charge in [0.15, 0.2) is 0 Å². The topological polar surface area (TPSA) is 0 Å². The van der Waals surface area contributed by atoms with Gasteiger partial charge in [-0.05, 0) is 48.7 Å². The fourth-order valence-corrected chi connectivity index (χ4v) is 3.20. The van der Waals surface area contributed by atoms with Crippen LogP contribution in [0, 0.1) is 17.3 Å². The highest BCUT2D eigenvalue weighted by Crippen LogP contribution is 2.59. The van der Waals surface area contributed by atoms with E-state index in [1.165, 1.54) is 25.7 Å². The molecule has 0 aromatic rings. The molecule has 0 saturated heterocycles. The van der Waals surface area contributed by atoms with Gasteiger partial charge in [-0.3, -0.25) is 0 Å². The molecule has 3 aliphatic rings. The minimum Gasteiger partial charge on any atom is -0.179 e. The summed E-state index contributed by atoms with van der Waals surface area (Å²) in [6, 6.07) is 0. The Morgan fingerprint density at radius 1 is 1.54 bits per heavy atom. The lowest BCUT2D eigenvalue weighted by molar-refractivity contribution is -0.00822. The maximum Gasteiger partial charge on any atom is -0.00949 e. The Balaban J connectivity index is 2.01. The smallest absolute Gasteiger partial charge is 0.00949 e. The maximum atomic E-state index is 4.28. The van der Waals surface area contributed by atoms with Crippen LogP contribution in [0.4, 0.5) is 0 Å². The predicted octanol–water partition coefficient (Wildman–Crippen LogP) is 3.69. The Morgan fingerprint density at radius 2 is 2.31 bits per heavy atom. The Hall–Kier alpha value is 0.0900. The molecule has 2 unspecified atom stereocenters. The van der Waals surface area contributed by atoms with Gasteiger partial charge in [0.2, 0.25) is 0 Å². The maximum absolute atomic E-state index is 4.28. The highest BCUT2D eigenvalue weighted by molar-refractivity contribution is 7.80. The van der Waals surface area contributed by atoms with Crippen molar-refractivity contribution < 1.29 is 0 Å². The summed E-state index contributed by atoms with van der Waals surface area (Å²) in [5.74, 6) is 2.93. The van der Waals surface area contributed by atoms with Crippen LogP contribution in [0.2, 0.25) is 0 Å². The van der Waals surface area contributed by atoms with Crippen molar-refractivity contribution in [2.75, 3.05) is 5.75 Å². The molecule has 0 heterocycles. The van der Waals surface area contributed by atoms with Crippen LogP contribution in [0.1, 0.15) is 39.5 Å². The molecule has 1 heteroatoms. The van der Waals surface area contributed by atoms with Gasteiger partial charge in [0.1, 0.15) is 0 Å². The average molecular weight is 196 g/mol. The van der Waals surface area contributed by atoms with Gasteiger partial charge in [0.05, 0.1) is 0 Å². The summed E-state index contributed by atoms with van der Waals surface area (Å²) in [6.45, 7) is 4.89. The molecule has 0 spiro atoms. The third kappa shape index (κ3) is 1.45. The summed E-state index contributed by atoms with van der Waals surface area (Å²) in [4.78, 5) is 0. The first-order valence-corrected chi connectivity index (χ1v) is 6.09. The molecule has 0 amide bonds. The van der Waals surface area contributed by atoms with E-state index in [4.69, 9.17) is 0 Å². The van der Waals surface area contributed by atoms with Crippen LogP contribution < -0.4 is 0 Å². The number of allylic oxidation sites excluding steroid dienone is 2. The molecule has 13 heavy (non-hydrogen) atoms. The minimum absolute atomic E-state index is 0.612. The largest absolute Gasteiger partial charge is 0.179 e. The van der Waals surface area contributed by atoms with E-state index in [-0.39, 0.29) is 0 Å². The van der Waals surface area contributed by atoms with Crippen molar-refractivity contribution in [3.05, 3.63) is 11.6 Å². The van der Waals surface area contributed by atoms with Crippen LogP contribution in [0.5, 0.6) is 0 Å². The second-order valence-corrected chi connectivity index (χ2v) is 5.60. The van der Waals surface area contributed by atoms with Gasteiger partial charge in [-0.15, -0.1) is 0 Å². The first-order valence-electron chi connectivity index (χ1n) is 5.46. The van der Waals surface area contributed by atoms with Crippen LogP contribution >= 0.6 is 12.6 Å². The normalized spacial score (nSPS) is 35.2. The summed E-state index contributed by atoms with van der Waals surface area (Å²) >= 11 is 4.28. The van der Waals surface area contributed by atoms with Crippen LogP contribution in [-0.2, 0) is 0 Å². The molecule has 3 aliphatic carbocycles. The molecule has 1 saturated carbocycles. The molecule has 74 valence electrons. The fourth-order valence-electron chi connectivity index (χ4n) is 3.04. The summed E-state index contributed by atoms with van der Waals surface area (Å²) in [5, 5.41) is 0. The molecule has 2 bridgehead atoms. The lowest BCUT2D eigenvalue weighted by Gasteiger charge is -2.56. The van der Waals surface area contributed by atoms with Crippen LogP contribution in [-0.4, -0.2) is 5.75 Å². The number of hydrogen-bond acceptors (Lipinski definition) is 1. The van der Waals surface area contributed by atoms with Crippen molar-refractivity contribution in [2.45, 2.75) is 39.5 Å². The van der Waals surface area contributed by atoms with Gasteiger partial charge in [0.25, 0.3) is 0 Å². The van der Waals surface area contributed by atoms with E-state index in [1.54, 1.807) is 5.57 Å². The van der Waals surface area contributed by atoms with Gasteiger partial charge in [-0.1, -0.05) is 25.5 Å². The average Bonchev–Trinajstić information content (AvgIpc) is 2.14. The van der Waals surface area contributed by atoms with Gasteiger partial charge >= 0.3 is 0 Å². The summed E-state index contributed by atoms with van der Waals surface area (Å²) in [6.07, 6.45) is 7.86. The molecule has 0 aromatic heterocycles. The third-order valence-corrected chi connectivity index (χ3v) is 4.52. The standard InChI is InChI=1S/C12H20S/c1-12(2)10-6-5-9(4-3-7-13)11(12)8-10/h5,10-11,13H,3-4,6-8H2,1-2H3. The van der Waals surface area contributed by atoms with E-state index in [1.807, 2.05) is 0 Å². The summed E-state index contributed by atoms with van der Waals surface area (Å²) < 4.78 is 0. The van der Waals surface area contributed by atoms with E-state index in [0.29, 0.717) is 5.41 Å². The zero-order valence-electron chi connectivity index (χ0n) is 8.71. The van der Waals surface area contributed by atoms with E-state index in [9.17, 15) is 0 Å². The quantitative estimate of drug-likeness (QED) is 0.516. The lowest BCUT2D eigenvalue weighted by Crippen LogP contribution is -2.48. The SMILES string of the molecule is CC1(C)C2CC=C(CCCS)C1C2. The molecule has 0 aromatic carbocycles. The number of hydrogen-bond donors (Lipinski definition) is 1. The van der Waals surface area contributed by atoms with Gasteiger partial charge in [-0.25, -0.2) is 0 Å². The molecule has 0 radical (unpaired) electrons. The van der Waals surface area contributed by atoms with Gasteiger partial charge < -0.3 is 0 Å². The highest BCUT2D eigenvalue weighted by Gasteiger charge is 2.50. The van der Waals surface area contributed by atoms with Gasteiger partial charge in [0, 0.05) is 0 Å². The van der Waals surface area contributed by atoms with E-state index in [2.05, 4.69) is 32.6 Å². The fraction of sp³-hybridized carbons (Fsp3) is 0.833. The highest BCUT2D eigenvalue weighted by atomic mass is 32.1. The molecular weight excluding hydrogens is 176 g/mol. The van der Waals surface area contributed by atoms with E-state index in [0.717, 1.165) is 17.6 Å². The Kier molecular flexibility index (Phi) is 2.48. The monoisotopic (exact) mass is 196 g/mol. The van der Waals surface area contributed by atoms with Gasteiger partial charge in [-0.2, -0.15) is 12.6 Å². The molecule has 2 atom stereocenters. The molecule has 0 N–H and O–H groups in total. The summed E-state index contributed by atoms with van der Waals surface area (Å²) in [5.41, 5.74) is 2.35. The van der Waals surface area contributed by atoms with Crippen molar-refractivity contribution in [3.8, 4) is 0 Å². The Labute approximate surface area is 87.2 Å². The zero-order valence-corrected chi connectivity index (χ0v) is 9.61. The Bertz CT molecular complexity index is 227. The molecule has 1 fully saturated rings. The second kappa shape index (κ2) is 3.34.